The number of hydrogen-bond donors (Lipinski definition) is 1. The number of benzene rings is 1. The van der Waals surface area contributed by atoms with Crippen molar-refractivity contribution in [3.8, 4) is 17.2 Å². The molecule has 0 amide bonds. The van der Waals surface area contributed by atoms with Crippen molar-refractivity contribution in [1.29, 1.82) is 0 Å². The van der Waals surface area contributed by atoms with Gasteiger partial charge in [-0.3, -0.25) is 0 Å². The van der Waals surface area contributed by atoms with Crippen LogP contribution in [0.4, 0.5) is 0 Å². The SMILES string of the molecule is CNC(C)Cc1noc(-c2ccc(Cl)cc2OC)n1. The number of nitrogens with zero attached hydrogens (tertiary/aromatic N) is 2. The fraction of sp³-hybridized carbons (Fsp3) is 0.385. The summed E-state index contributed by atoms with van der Waals surface area (Å²) in [5, 5.41) is 7.69. The fourth-order valence-electron chi connectivity index (χ4n) is 1.66. The Kier molecular flexibility index (Phi) is 4.39. The molecule has 102 valence electrons. The minimum absolute atomic E-state index is 0.289. The number of nitrogens with one attached hydrogen (secondary N) is 1. The second-order valence-electron chi connectivity index (χ2n) is 4.25. The Labute approximate surface area is 116 Å². The van der Waals surface area contributed by atoms with E-state index in [1.807, 2.05) is 7.05 Å². The summed E-state index contributed by atoms with van der Waals surface area (Å²) in [5.74, 6) is 1.71. The minimum atomic E-state index is 0.289. The molecule has 0 saturated heterocycles. The molecule has 0 aliphatic carbocycles. The first-order chi connectivity index (χ1) is 9.13. The molecule has 1 atom stereocenters. The third kappa shape index (κ3) is 3.24. The Balaban J connectivity index is 2.27. The Morgan fingerprint density at radius 3 is 2.95 bits per heavy atom. The van der Waals surface area contributed by atoms with Gasteiger partial charge in [0.15, 0.2) is 5.82 Å². The molecule has 0 aliphatic heterocycles. The largest absolute Gasteiger partial charge is 0.496 e. The van der Waals surface area contributed by atoms with Gasteiger partial charge in [-0.15, -0.1) is 0 Å². The standard InChI is InChI=1S/C13H16ClN3O2/c1-8(15-2)6-12-16-13(19-17-12)10-5-4-9(14)7-11(10)18-3/h4-5,7-8,15H,6H2,1-3H3. The first-order valence-electron chi connectivity index (χ1n) is 5.97. The van der Waals surface area contributed by atoms with E-state index in [-0.39, 0.29) is 6.04 Å². The molecule has 0 aliphatic rings. The smallest absolute Gasteiger partial charge is 0.261 e. The van der Waals surface area contributed by atoms with Gasteiger partial charge >= 0.3 is 0 Å². The predicted octanol–water partition coefficient (Wildman–Crippen LogP) is 2.55. The first kappa shape index (κ1) is 13.8. The number of rotatable bonds is 5. The van der Waals surface area contributed by atoms with Gasteiger partial charge in [0.2, 0.25) is 0 Å². The number of ether oxygens (including phenoxy) is 1. The molecule has 5 nitrogen and oxygen atoms in total. The minimum Gasteiger partial charge on any atom is -0.496 e. The van der Waals surface area contributed by atoms with Gasteiger partial charge < -0.3 is 14.6 Å². The van der Waals surface area contributed by atoms with E-state index in [0.717, 1.165) is 5.56 Å². The van der Waals surface area contributed by atoms with E-state index >= 15 is 0 Å². The Morgan fingerprint density at radius 1 is 1.47 bits per heavy atom. The van der Waals surface area contributed by atoms with E-state index < -0.39 is 0 Å². The van der Waals surface area contributed by atoms with Gasteiger partial charge in [-0.1, -0.05) is 16.8 Å². The van der Waals surface area contributed by atoms with Crippen LogP contribution in [0.1, 0.15) is 12.7 Å². The van der Waals surface area contributed by atoms with E-state index in [4.69, 9.17) is 20.9 Å². The third-order valence-electron chi connectivity index (χ3n) is 2.84. The highest BCUT2D eigenvalue weighted by atomic mass is 35.5. The van der Waals surface area contributed by atoms with Crippen LogP contribution in [0, 0.1) is 0 Å². The monoisotopic (exact) mass is 281 g/mol. The van der Waals surface area contributed by atoms with Crippen LogP contribution >= 0.6 is 11.6 Å². The zero-order valence-corrected chi connectivity index (χ0v) is 11.9. The molecule has 19 heavy (non-hydrogen) atoms. The van der Waals surface area contributed by atoms with Gasteiger partial charge in [0.25, 0.3) is 5.89 Å². The molecule has 2 aromatic rings. The average molecular weight is 282 g/mol. The first-order valence-corrected chi connectivity index (χ1v) is 6.35. The van der Waals surface area contributed by atoms with E-state index in [9.17, 15) is 0 Å². The highest BCUT2D eigenvalue weighted by Gasteiger charge is 2.15. The molecular formula is C13H16ClN3O2. The second-order valence-corrected chi connectivity index (χ2v) is 4.69. The van der Waals surface area contributed by atoms with E-state index in [1.165, 1.54) is 0 Å². The van der Waals surface area contributed by atoms with Gasteiger partial charge in [-0.2, -0.15) is 4.98 Å². The number of hydrogen-bond acceptors (Lipinski definition) is 5. The summed E-state index contributed by atoms with van der Waals surface area (Å²) >= 11 is 5.92. The van der Waals surface area contributed by atoms with Gasteiger partial charge in [-0.25, -0.2) is 0 Å². The molecule has 6 heteroatoms. The lowest BCUT2D eigenvalue weighted by Crippen LogP contribution is -2.24. The molecular weight excluding hydrogens is 266 g/mol. The third-order valence-corrected chi connectivity index (χ3v) is 3.08. The molecule has 1 aromatic heterocycles. The summed E-state index contributed by atoms with van der Waals surface area (Å²) in [6, 6.07) is 5.58. The maximum absolute atomic E-state index is 5.92. The molecule has 0 radical (unpaired) electrons. The highest BCUT2D eigenvalue weighted by molar-refractivity contribution is 6.30. The Hall–Kier alpha value is -1.59. The van der Waals surface area contributed by atoms with Crippen LogP contribution in [0.2, 0.25) is 5.02 Å². The van der Waals surface area contributed by atoms with Gasteiger partial charge in [0, 0.05) is 17.5 Å². The molecule has 0 bridgehead atoms. The molecule has 2 rings (SSSR count). The van der Waals surface area contributed by atoms with Crippen LogP contribution in [0.25, 0.3) is 11.5 Å². The van der Waals surface area contributed by atoms with Gasteiger partial charge in [0.1, 0.15) is 5.75 Å². The average Bonchev–Trinajstić information content (AvgIpc) is 2.86. The summed E-state index contributed by atoms with van der Waals surface area (Å²) in [7, 11) is 3.48. The molecule has 0 spiro atoms. The molecule has 0 saturated carbocycles. The van der Waals surface area contributed by atoms with E-state index in [0.29, 0.717) is 28.9 Å². The van der Waals surface area contributed by atoms with Crippen molar-refractivity contribution in [1.82, 2.24) is 15.5 Å². The lowest BCUT2D eigenvalue weighted by Gasteiger charge is -2.05. The van der Waals surface area contributed by atoms with Crippen LogP contribution in [0.15, 0.2) is 22.7 Å². The van der Waals surface area contributed by atoms with Crippen molar-refractivity contribution in [3.63, 3.8) is 0 Å². The van der Waals surface area contributed by atoms with Gasteiger partial charge in [0.05, 0.1) is 12.7 Å². The zero-order valence-electron chi connectivity index (χ0n) is 11.1. The molecule has 0 fully saturated rings. The summed E-state index contributed by atoms with van der Waals surface area (Å²) in [6.45, 7) is 2.05. The quantitative estimate of drug-likeness (QED) is 0.913. The summed E-state index contributed by atoms with van der Waals surface area (Å²) < 4.78 is 10.5. The van der Waals surface area contributed by atoms with Crippen LogP contribution in [-0.4, -0.2) is 30.3 Å². The van der Waals surface area contributed by atoms with E-state index in [2.05, 4.69) is 22.4 Å². The maximum atomic E-state index is 5.92. The van der Waals surface area contributed by atoms with E-state index in [1.54, 1.807) is 25.3 Å². The normalized spacial score (nSPS) is 12.4. The van der Waals surface area contributed by atoms with Crippen molar-refractivity contribution in [3.05, 3.63) is 29.0 Å². The molecule has 1 heterocycles. The molecule has 1 unspecified atom stereocenters. The second kappa shape index (κ2) is 6.04. The number of likely N-dealkylation sites (N-methyl/N-ethyl adjacent to an activating group) is 1. The topological polar surface area (TPSA) is 60.2 Å². The Bertz CT molecular complexity index is 557. The van der Waals surface area contributed by atoms with Gasteiger partial charge in [-0.05, 0) is 32.2 Å². The lowest BCUT2D eigenvalue weighted by molar-refractivity contribution is 0.401. The van der Waals surface area contributed by atoms with Crippen molar-refractivity contribution in [2.24, 2.45) is 0 Å². The highest BCUT2D eigenvalue weighted by Crippen LogP contribution is 2.31. The maximum Gasteiger partial charge on any atom is 0.261 e. The number of halogens is 1. The van der Waals surface area contributed by atoms with Crippen molar-refractivity contribution in [2.45, 2.75) is 19.4 Å². The summed E-state index contributed by atoms with van der Waals surface area (Å²) in [4.78, 5) is 4.37. The van der Waals surface area contributed by atoms with Crippen LogP contribution in [-0.2, 0) is 6.42 Å². The summed E-state index contributed by atoms with van der Waals surface area (Å²) in [5.41, 5.74) is 0.739. The molecule has 1 aromatic carbocycles. The zero-order chi connectivity index (χ0) is 13.8. The predicted molar refractivity (Wildman–Crippen MR) is 73.5 cm³/mol. The van der Waals surface area contributed by atoms with Crippen LogP contribution in [0.3, 0.4) is 0 Å². The lowest BCUT2D eigenvalue weighted by atomic mass is 10.2. The van der Waals surface area contributed by atoms with Crippen molar-refractivity contribution < 1.29 is 9.26 Å². The van der Waals surface area contributed by atoms with Crippen LogP contribution in [0.5, 0.6) is 5.75 Å². The number of aromatic nitrogens is 2. The van der Waals surface area contributed by atoms with Crippen LogP contribution < -0.4 is 10.1 Å². The number of methoxy groups -OCH3 is 1. The Morgan fingerprint density at radius 2 is 2.26 bits per heavy atom. The summed E-state index contributed by atoms with van der Waals surface area (Å²) in [6.07, 6.45) is 0.704. The molecule has 1 N–H and O–H groups in total. The van der Waals surface area contributed by atoms with Crippen molar-refractivity contribution in [2.75, 3.05) is 14.2 Å². The fourth-order valence-corrected chi connectivity index (χ4v) is 1.83. The van der Waals surface area contributed by atoms with Crippen molar-refractivity contribution >= 4 is 11.6 Å².